The minimum absolute atomic E-state index is 0.0423. The van der Waals surface area contributed by atoms with Gasteiger partial charge in [-0.2, -0.15) is 5.26 Å². The first-order chi connectivity index (χ1) is 5.31. The van der Waals surface area contributed by atoms with Gasteiger partial charge in [-0.25, -0.2) is 0 Å². The number of hydrogen-bond acceptors (Lipinski definition) is 4. The molecule has 0 rings (SSSR count). The van der Waals surface area contributed by atoms with Crippen LogP contribution in [0.3, 0.4) is 0 Å². The molecule has 0 fully saturated rings. The van der Waals surface area contributed by atoms with Crippen LogP contribution in [0.15, 0.2) is 0 Å². The first kappa shape index (κ1) is 9.92. The quantitative estimate of drug-likeness (QED) is 0.337. The third-order valence-corrected chi connectivity index (χ3v) is 0.924. The van der Waals surface area contributed by atoms with Crippen molar-refractivity contribution in [2.45, 2.75) is 19.8 Å². The van der Waals surface area contributed by atoms with Crippen molar-refractivity contribution in [3.8, 4) is 6.07 Å². The molecule has 0 saturated heterocycles. The Morgan fingerprint density at radius 1 is 1.64 bits per heavy atom. The van der Waals surface area contributed by atoms with Crippen LogP contribution in [-0.2, 0) is 14.3 Å². The molecule has 0 aliphatic heterocycles. The fraction of sp³-hybridized carbons (Fsp3) is 0.714. The minimum Gasteiger partial charge on any atom is -0.438 e. The molecule has 0 spiro atoms. The number of ether oxygens (including phenoxy) is 2. The average molecular weight is 157 g/mol. The molecule has 11 heavy (non-hydrogen) atoms. The van der Waals surface area contributed by atoms with Gasteiger partial charge in [-0.1, -0.05) is 6.92 Å². The molecule has 0 radical (unpaired) electrons. The van der Waals surface area contributed by atoms with Gasteiger partial charge in [-0.3, -0.25) is 4.79 Å². The van der Waals surface area contributed by atoms with Gasteiger partial charge in [0.25, 0.3) is 0 Å². The SMILES string of the molecule is CCCC(=O)OCOCC#N. The van der Waals surface area contributed by atoms with Gasteiger partial charge in [0, 0.05) is 6.42 Å². The van der Waals surface area contributed by atoms with E-state index in [1.807, 2.05) is 6.92 Å². The van der Waals surface area contributed by atoms with Gasteiger partial charge >= 0.3 is 5.97 Å². The first-order valence-corrected chi connectivity index (χ1v) is 3.41. The number of esters is 1. The summed E-state index contributed by atoms with van der Waals surface area (Å²) in [5.74, 6) is -0.287. The molecule has 0 bridgehead atoms. The number of carbonyl (C=O) groups excluding carboxylic acids is 1. The van der Waals surface area contributed by atoms with Crippen molar-refractivity contribution >= 4 is 5.97 Å². The van der Waals surface area contributed by atoms with Crippen LogP contribution in [0.4, 0.5) is 0 Å². The molecule has 0 N–H and O–H groups in total. The molecule has 0 amide bonds. The predicted octanol–water partition coefficient (Wildman–Crippen LogP) is 0.827. The van der Waals surface area contributed by atoms with Crippen LogP contribution in [0.25, 0.3) is 0 Å². The summed E-state index contributed by atoms with van der Waals surface area (Å²) in [6, 6.07) is 1.76. The van der Waals surface area contributed by atoms with Crippen molar-refractivity contribution in [3.63, 3.8) is 0 Å². The highest BCUT2D eigenvalue weighted by Crippen LogP contribution is 1.90. The van der Waals surface area contributed by atoms with E-state index in [1.54, 1.807) is 6.07 Å². The molecular weight excluding hydrogens is 146 g/mol. The molecule has 0 aromatic carbocycles. The predicted molar refractivity (Wildman–Crippen MR) is 37.4 cm³/mol. The largest absolute Gasteiger partial charge is 0.438 e. The highest BCUT2D eigenvalue weighted by atomic mass is 16.7. The fourth-order valence-corrected chi connectivity index (χ4v) is 0.471. The monoisotopic (exact) mass is 157 g/mol. The van der Waals surface area contributed by atoms with Gasteiger partial charge < -0.3 is 9.47 Å². The van der Waals surface area contributed by atoms with Crippen molar-refractivity contribution in [2.75, 3.05) is 13.4 Å². The summed E-state index contributed by atoms with van der Waals surface area (Å²) >= 11 is 0. The third-order valence-electron chi connectivity index (χ3n) is 0.924. The molecule has 0 heterocycles. The fourth-order valence-electron chi connectivity index (χ4n) is 0.471. The Morgan fingerprint density at radius 3 is 2.91 bits per heavy atom. The molecule has 0 aromatic heterocycles. The topological polar surface area (TPSA) is 59.3 Å². The minimum atomic E-state index is -0.287. The summed E-state index contributed by atoms with van der Waals surface area (Å²) in [5.41, 5.74) is 0. The smallest absolute Gasteiger partial charge is 0.307 e. The maximum Gasteiger partial charge on any atom is 0.307 e. The van der Waals surface area contributed by atoms with E-state index < -0.39 is 0 Å². The Labute approximate surface area is 65.7 Å². The number of nitrogens with zero attached hydrogens (tertiary/aromatic N) is 1. The van der Waals surface area contributed by atoms with Gasteiger partial charge in [-0.15, -0.1) is 0 Å². The standard InChI is InChI=1S/C7H11NO3/c1-2-3-7(9)11-6-10-5-4-8/h2-3,5-6H2,1H3. The Hall–Kier alpha value is -1.08. The lowest BCUT2D eigenvalue weighted by atomic mass is 10.3. The van der Waals surface area contributed by atoms with E-state index in [0.717, 1.165) is 6.42 Å². The van der Waals surface area contributed by atoms with E-state index in [-0.39, 0.29) is 19.4 Å². The molecule has 4 heteroatoms. The van der Waals surface area contributed by atoms with E-state index in [0.29, 0.717) is 6.42 Å². The van der Waals surface area contributed by atoms with E-state index >= 15 is 0 Å². The molecule has 62 valence electrons. The van der Waals surface area contributed by atoms with Crippen LogP contribution in [-0.4, -0.2) is 19.4 Å². The summed E-state index contributed by atoms with van der Waals surface area (Å²) in [6.45, 7) is 1.73. The first-order valence-electron chi connectivity index (χ1n) is 3.41. The lowest BCUT2D eigenvalue weighted by Crippen LogP contribution is -2.07. The van der Waals surface area contributed by atoms with Crippen LogP contribution < -0.4 is 0 Å². The number of rotatable bonds is 5. The molecule has 0 aliphatic rings. The zero-order chi connectivity index (χ0) is 8.53. The van der Waals surface area contributed by atoms with Crippen LogP contribution >= 0.6 is 0 Å². The molecule has 0 aliphatic carbocycles. The number of nitriles is 1. The third kappa shape index (κ3) is 6.81. The van der Waals surface area contributed by atoms with Crippen LogP contribution in [0.1, 0.15) is 19.8 Å². The second-order valence-corrected chi connectivity index (χ2v) is 1.89. The van der Waals surface area contributed by atoms with Crippen molar-refractivity contribution in [3.05, 3.63) is 0 Å². The van der Waals surface area contributed by atoms with Crippen molar-refractivity contribution < 1.29 is 14.3 Å². The van der Waals surface area contributed by atoms with Gasteiger partial charge in [0.2, 0.25) is 0 Å². The zero-order valence-electron chi connectivity index (χ0n) is 6.50. The van der Waals surface area contributed by atoms with Crippen LogP contribution in [0.2, 0.25) is 0 Å². The van der Waals surface area contributed by atoms with E-state index in [9.17, 15) is 4.79 Å². The summed E-state index contributed by atoms with van der Waals surface area (Å²) in [4.78, 5) is 10.6. The maximum absolute atomic E-state index is 10.6. The highest BCUT2D eigenvalue weighted by molar-refractivity contribution is 5.69. The summed E-state index contributed by atoms with van der Waals surface area (Å²) in [7, 11) is 0. The maximum atomic E-state index is 10.6. The van der Waals surface area contributed by atoms with Gasteiger partial charge in [0.1, 0.15) is 6.61 Å². The van der Waals surface area contributed by atoms with Gasteiger partial charge in [0.05, 0.1) is 6.07 Å². The van der Waals surface area contributed by atoms with Gasteiger partial charge in [0.15, 0.2) is 6.79 Å². The van der Waals surface area contributed by atoms with Crippen molar-refractivity contribution in [1.29, 1.82) is 5.26 Å². The number of carbonyl (C=O) groups is 1. The Morgan fingerprint density at radius 2 is 2.36 bits per heavy atom. The van der Waals surface area contributed by atoms with Crippen LogP contribution in [0, 0.1) is 11.3 Å². The molecule has 0 aromatic rings. The van der Waals surface area contributed by atoms with E-state index in [4.69, 9.17) is 5.26 Å². The Kier molecular flexibility index (Phi) is 6.34. The molecule has 0 atom stereocenters. The molecule has 4 nitrogen and oxygen atoms in total. The van der Waals surface area contributed by atoms with E-state index in [2.05, 4.69) is 9.47 Å². The normalized spacial score (nSPS) is 8.73. The van der Waals surface area contributed by atoms with Gasteiger partial charge in [-0.05, 0) is 6.42 Å². The second-order valence-electron chi connectivity index (χ2n) is 1.89. The van der Waals surface area contributed by atoms with Crippen molar-refractivity contribution in [1.82, 2.24) is 0 Å². The van der Waals surface area contributed by atoms with E-state index in [1.165, 1.54) is 0 Å². The zero-order valence-corrected chi connectivity index (χ0v) is 6.50. The highest BCUT2D eigenvalue weighted by Gasteiger charge is 1.98. The lowest BCUT2D eigenvalue weighted by molar-refractivity contribution is -0.155. The summed E-state index contributed by atoms with van der Waals surface area (Å²) < 4.78 is 9.17. The lowest BCUT2D eigenvalue weighted by Gasteiger charge is -2.01. The number of hydrogen-bond donors (Lipinski definition) is 0. The summed E-state index contributed by atoms with van der Waals surface area (Å²) in [5, 5.41) is 8.02. The summed E-state index contributed by atoms with van der Waals surface area (Å²) in [6.07, 6.45) is 1.16. The molecule has 0 saturated carbocycles. The van der Waals surface area contributed by atoms with Crippen LogP contribution in [0.5, 0.6) is 0 Å². The molecule has 0 unspecified atom stereocenters. The molecular formula is C7H11NO3. The average Bonchev–Trinajstić information content (AvgIpc) is 1.99. The Bertz CT molecular complexity index is 150. The van der Waals surface area contributed by atoms with Crippen molar-refractivity contribution in [2.24, 2.45) is 0 Å². The Balaban J connectivity index is 3.12. The second kappa shape index (κ2) is 7.03.